The van der Waals surface area contributed by atoms with Crippen LogP contribution in [-0.2, 0) is 0 Å². The Balaban J connectivity index is 2.38. The van der Waals surface area contributed by atoms with Crippen LogP contribution in [0.2, 0.25) is 0 Å². The number of nitrogens with one attached hydrogen (secondary N) is 1. The first-order chi connectivity index (χ1) is 8.13. The quantitative estimate of drug-likeness (QED) is 0.733. The fraction of sp³-hybridized carbons (Fsp3) is 0.615. The van der Waals surface area contributed by atoms with Crippen molar-refractivity contribution in [1.29, 1.82) is 0 Å². The Morgan fingerprint density at radius 3 is 2.88 bits per heavy atom. The molecule has 1 rings (SSSR count). The summed E-state index contributed by atoms with van der Waals surface area (Å²) in [5, 5.41) is 3.43. The largest absolute Gasteiger partial charge is 0.481 e. The summed E-state index contributed by atoms with van der Waals surface area (Å²) in [6.45, 7) is 7.45. The summed E-state index contributed by atoms with van der Waals surface area (Å²) < 4.78 is 5.11. The number of nitrogens with zero attached hydrogens (tertiary/aromatic N) is 2. The lowest BCUT2D eigenvalue weighted by molar-refractivity contribution is 0.398. The molecule has 0 radical (unpaired) electrons. The van der Waals surface area contributed by atoms with E-state index < -0.39 is 0 Å². The van der Waals surface area contributed by atoms with E-state index in [1.54, 1.807) is 13.3 Å². The number of hydrogen-bond acceptors (Lipinski definition) is 4. The minimum atomic E-state index is 0.657. The number of methoxy groups -OCH3 is 1. The van der Waals surface area contributed by atoms with E-state index in [9.17, 15) is 0 Å². The fourth-order valence-corrected chi connectivity index (χ4v) is 1.51. The van der Waals surface area contributed by atoms with Crippen LogP contribution in [0.3, 0.4) is 0 Å². The first-order valence-electron chi connectivity index (χ1n) is 6.05. The Labute approximate surface area is 104 Å². The minimum Gasteiger partial charge on any atom is -0.481 e. The zero-order chi connectivity index (χ0) is 12.7. The molecule has 4 nitrogen and oxygen atoms in total. The van der Waals surface area contributed by atoms with Crippen molar-refractivity contribution in [2.45, 2.75) is 13.8 Å². The third-order valence-corrected chi connectivity index (χ3v) is 2.54. The van der Waals surface area contributed by atoms with Crippen molar-refractivity contribution in [3.8, 4) is 5.88 Å². The number of likely N-dealkylation sites (N-methyl/N-ethyl adjacent to an activating group) is 1. The summed E-state index contributed by atoms with van der Waals surface area (Å²) >= 11 is 0. The molecule has 0 amide bonds. The molecule has 0 aromatic carbocycles. The van der Waals surface area contributed by atoms with Gasteiger partial charge in [0, 0.05) is 38.1 Å². The van der Waals surface area contributed by atoms with Crippen LogP contribution in [0.25, 0.3) is 0 Å². The van der Waals surface area contributed by atoms with Crippen molar-refractivity contribution in [2.24, 2.45) is 5.92 Å². The Morgan fingerprint density at radius 2 is 2.24 bits per heavy atom. The van der Waals surface area contributed by atoms with Crippen LogP contribution >= 0.6 is 0 Å². The smallest absolute Gasteiger partial charge is 0.214 e. The second-order valence-electron chi connectivity index (χ2n) is 4.58. The Kier molecular flexibility index (Phi) is 5.77. The van der Waals surface area contributed by atoms with Gasteiger partial charge in [0.1, 0.15) is 0 Å². The number of hydrogen-bond donors (Lipinski definition) is 1. The molecule has 17 heavy (non-hydrogen) atoms. The summed E-state index contributed by atoms with van der Waals surface area (Å²) in [5.74, 6) is 1.35. The molecule has 0 atom stereocenters. The van der Waals surface area contributed by atoms with E-state index in [0.717, 1.165) is 25.3 Å². The van der Waals surface area contributed by atoms with Crippen LogP contribution in [0, 0.1) is 5.92 Å². The summed E-state index contributed by atoms with van der Waals surface area (Å²) in [5.41, 5.74) is 1.13. The average Bonchev–Trinajstić information content (AvgIpc) is 2.34. The highest BCUT2D eigenvalue weighted by Gasteiger charge is 2.02. The van der Waals surface area contributed by atoms with E-state index >= 15 is 0 Å². The van der Waals surface area contributed by atoms with Crippen LogP contribution in [-0.4, -0.2) is 38.8 Å². The molecule has 0 saturated carbocycles. The van der Waals surface area contributed by atoms with E-state index in [1.807, 2.05) is 12.1 Å². The summed E-state index contributed by atoms with van der Waals surface area (Å²) in [6.07, 6.45) is 1.77. The molecule has 96 valence electrons. The molecule has 1 aromatic rings. The Bertz CT molecular complexity index is 328. The summed E-state index contributed by atoms with van der Waals surface area (Å²) in [6, 6.07) is 3.94. The molecule has 0 spiro atoms. The van der Waals surface area contributed by atoms with Gasteiger partial charge in [-0.1, -0.05) is 13.8 Å². The first-order valence-corrected chi connectivity index (χ1v) is 6.05. The van der Waals surface area contributed by atoms with Gasteiger partial charge in [-0.2, -0.15) is 0 Å². The van der Waals surface area contributed by atoms with Crippen LogP contribution in [0.5, 0.6) is 5.88 Å². The zero-order valence-electron chi connectivity index (χ0n) is 11.2. The summed E-state index contributed by atoms with van der Waals surface area (Å²) in [7, 11) is 3.71. The number of ether oxygens (including phenoxy) is 1. The lowest BCUT2D eigenvalue weighted by atomic mass is 10.2. The third kappa shape index (κ3) is 5.04. The van der Waals surface area contributed by atoms with Gasteiger partial charge in [0.2, 0.25) is 5.88 Å². The molecule has 0 fully saturated rings. The van der Waals surface area contributed by atoms with Gasteiger partial charge >= 0.3 is 0 Å². The standard InChI is InChI=1S/C13H23N3O/c1-11(2)10-14-7-8-16(3)12-5-6-15-13(9-12)17-4/h5-6,9,11,14H,7-8,10H2,1-4H3. The van der Waals surface area contributed by atoms with Crippen molar-refractivity contribution in [3.63, 3.8) is 0 Å². The molecule has 0 unspecified atom stereocenters. The molecule has 0 aliphatic heterocycles. The predicted octanol–water partition coefficient (Wildman–Crippen LogP) is 1.77. The van der Waals surface area contributed by atoms with Crippen LogP contribution in [0.1, 0.15) is 13.8 Å². The molecule has 1 N–H and O–H groups in total. The normalized spacial score (nSPS) is 10.6. The average molecular weight is 237 g/mol. The highest BCUT2D eigenvalue weighted by molar-refractivity contribution is 5.47. The lowest BCUT2D eigenvalue weighted by Crippen LogP contribution is -2.31. The lowest BCUT2D eigenvalue weighted by Gasteiger charge is -2.20. The topological polar surface area (TPSA) is 37.4 Å². The van der Waals surface area contributed by atoms with E-state index in [1.165, 1.54) is 0 Å². The second kappa shape index (κ2) is 7.12. The van der Waals surface area contributed by atoms with E-state index in [0.29, 0.717) is 11.8 Å². The van der Waals surface area contributed by atoms with Crippen LogP contribution in [0.4, 0.5) is 5.69 Å². The molecule has 0 aliphatic rings. The van der Waals surface area contributed by atoms with Crippen LogP contribution in [0.15, 0.2) is 18.3 Å². The van der Waals surface area contributed by atoms with Crippen molar-refractivity contribution >= 4 is 5.69 Å². The van der Waals surface area contributed by atoms with Gasteiger partial charge in [0.25, 0.3) is 0 Å². The molecule has 0 aliphatic carbocycles. The van der Waals surface area contributed by atoms with Gasteiger partial charge in [0.15, 0.2) is 0 Å². The minimum absolute atomic E-state index is 0.657. The summed E-state index contributed by atoms with van der Waals surface area (Å²) in [4.78, 5) is 6.29. The highest BCUT2D eigenvalue weighted by atomic mass is 16.5. The number of aromatic nitrogens is 1. The van der Waals surface area contributed by atoms with Crippen molar-refractivity contribution in [1.82, 2.24) is 10.3 Å². The van der Waals surface area contributed by atoms with Gasteiger partial charge in [-0.3, -0.25) is 0 Å². The monoisotopic (exact) mass is 237 g/mol. The Hall–Kier alpha value is -1.29. The second-order valence-corrected chi connectivity index (χ2v) is 4.58. The molecular weight excluding hydrogens is 214 g/mol. The van der Waals surface area contributed by atoms with Gasteiger partial charge in [0.05, 0.1) is 7.11 Å². The van der Waals surface area contributed by atoms with Crippen LogP contribution < -0.4 is 15.0 Å². The van der Waals surface area contributed by atoms with E-state index in [2.05, 4.69) is 36.1 Å². The molecule has 1 aromatic heterocycles. The number of pyridine rings is 1. The number of rotatable bonds is 7. The zero-order valence-corrected chi connectivity index (χ0v) is 11.2. The predicted molar refractivity (Wildman–Crippen MR) is 71.8 cm³/mol. The van der Waals surface area contributed by atoms with E-state index in [4.69, 9.17) is 4.74 Å². The van der Waals surface area contributed by atoms with E-state index in [-0.39, 0.29) is 0 Å². The van der Waals surface area contributed by atoms with Crippen molar-refractivity contribution < 1.29 is 4.74 Å². The molecule has 4 heteroatoms. The van der Waals surface area contributed by atoms with Gasteiger partial charge in [-0.05, 0) is 18.5 Å². The fourth-order valence-electron chi connectivity index (χ4n) is 1.51. The first kappa shape index (κ1) is 13.8. The van der Waals surface area contributed by atoms with Crippen molar-refractivity contribution in [3.05, 3.63) is 18.3 Å². The van der Waals surface area contributed by atoms with Gasteiger partial charge in [-0.25, -0.2) is 4.98 Å². The number of anilines is 1. The molecular formula is C13H23N3O. The molecule has 1 heterocycles. The SMILES string of the molecule is COc1cc(N(C)CCNCC(C)C)ccn1. The maximum absolute atomic E-state index is 5.11. The maximum Gasteiger partial charge on any atom is 0.214 e. The van der Waals surface area contributed by atoms with Gasteiger partial charge < -0.3 is 15.0 Å². The highest BCUT2D eigenvalue weighted by Crippen LogP contribution is 2.16. The maximum atomic E-state index is 5.11. The Morgan fingerprint density at radius 1 is 1.47 bits per heavy atom. The molecule has 0 saturated heterocycles. The molecule has 0 bridgehead atoms. The van der Waals surface area contributed by atoms with Gasteiger partial charge in [-0.15, -0.1) is 0 Å². The van der Waals surface area contributed by atoms with Crippen molar-refractivity contribution in [2.75, 3.05) is 38.7 Å². The third-order valence-electron chi connectivity index (χ3n) is 2.54.